The van der Waals surface area contributed by atoms with Gasteiger partial charge < -0.3 is 24.6 Å². The summed E-state index contributed by atoms with van der Waals surface area (Å²) >= 11 is 0. The van der Waals surface area contributed by atoms with E-state index in [1.54, 1.807) is 27.2 Å². The topological polar surface area (TPSA) is 94.3 Å². The average Bonchev–Trinajstić information content (AvgIpc) is 3.57. The zero-order valence-electron chi connectivity index (χ0n) is 21.7. The lowest BCUT2D eigenvalue weighted by molar-refractivity contribution is -0.0833. The molecule has 0 bridgehead atoms. The summed E-state index contributed by atoms with van der Waals surface area (Å²) in [7, 11) is 1.66. The third-order valence-electron chi connectivity index (χ3n) is 7.85. The molecule has 2 aromatic heterocycles. The van der Waals surface area contributed by atoms with Crippen LogP contribution in [0, 0.1) is 5.41 Å². The molecule has 0 atom stereocenters. The van der Waals surface area contributed by atoms with Crippen molar-refractivity contribution >= 4 is 11.4 Å². The van der Waals surface area contributed by atoms with Gasteiger partial charge in [0, 0.05) is 12.0 Å². The van der Waals surface area contributed by atoms with Crippen molar-refractivity contribution in [2.75, 3.05) is 13.7 Å². The van der Waals surface area contributed by atoms with Crippen LogP contribution in [0.3, 0.4) is 0 Å². The molecule has 3 aliphatic carbocycles. The van der Waals surface area contributed by atoms with Crippen LogP contribution in [0.15, 0.2) is 42.6 Å². The number of carbonyl (C=O) groups excluding carboxylic acids is 1. The quantitative estimate of drug-likeness (QED) is 0.445. The number of pyridine rings is 1. The first-order valence-corrected chi connectivity index (χ1v) is 13.2. The van der Waals surface area contributed by atoms with Gasteiger partial charge in [-0.25, -0.2) is 4.52 Å². The van der Waals surface area contributed by atoms with Gasteiger partial charge in [0.2, 0.25) is 0 Å². The van der Waals surface area contributed by atoms with Crippen molar-refractivity contribution in [2.45, 2.75) is 76.0 Å². The second-order valence-electron chi connectivity index (χ2n) is 11.7. The van der Waals surface area contributed by atoms with E-state index in [2.05, 4.69) is 10.4 Å². The number of rotatable bonds is 9. The molecule has 8 nitrogen and oxygen atoms in total. The number of hydrogen-bond acceptors (Lipinski definition) is 6. The van der Waals surface area contributed by atoms with Crippen LogP contribution in [0.25, 0.3) is 5.52 Å². The highest BCUT2D eigenvalue weighted by molar-refractivity contribution is 6.01. The standard InChI is InChI=1S/C29H35N3O5/c1-28(2,34)17-36-25-11-10-24-23(16-30-32(24)26(25)18-4-5-18)27(33)31-19-12-29(13-19)14-22(15-29)37-21-8-6-20(35-3)7-9-21/h6-11,16,18-19,22,34H,4-5,12-15,17H2,1-3H3,(H,31,33). The fourth-order valence-electron chi connectivity index (χ4n) is 5.86. The Bertz CT molecular complexity index is 1290. The number of nitrogens with one attached hydrogen (secondary N) is 1. The van der Waals surface area contributed by atoms with Gasteiger partial charge >= 0.3 is 0 Å². The van der Waals surface area contributed by atoms with Gasteiger partial charge in [-0.05, 0) is 94.2 Å². The Labute approximate surface area is 216 Å². The summed E-state index contributed by atoms with van der Waals surface area (Å²) in [6, 6.07) is 11.7. The second kappa shape index (κ2) is 8.94. The number of ether oxygens (including phenoxy) is 3. The number of hydrogen-bond donors (Lipinski definition) is 2. The highest BCUT2D eigenvalue weighted by Gasteiger charge is 2.54. The molecule has 37 heavy (non-hydrogen) atoms. The van der Waals surface area contributed by atoms with Crippen LogP contribution < -0.4 is 19.5 Å². The molecule has 0 radical (unpaired) electrons. The van der Waals surface area contributed by atoms with Gasteiger partial charge in [-0.15, -0.1) is 0 Å². The number of carbonyl (C=O) groups is 1. The number of benzene rings is 1. The Kier molecular flexibility index (Phi) is 5.82. The minimum atomic E-state index is -0.923. The second-order valence-corrected chi connectivity index (χ2v) is 11.7. The maximum Gasteiger partial charge on any atom is 0.255 e. The minimum absolute atomic E-state index is 0.0767. The zero-order chi connectivity index (χ0) is 25.8. The molecule has 8 heteroatoms. The van der Waals surface area contributed by atoms with Crippen molar-refractivity contribution in [3.05, 3.63) is 53.9 Å². The predicted molar refractivity (Wildman–Crippen MR) is 139 cm³/mol. The van der Waals surface area contributed by atoms with Crippen LogP contribution in [0.4, 0.5) is 0 Å². The van der Waals surface area contributed by atoms with E-state index in [0.29, 0.717) is 16.9 Å². The third kappa shape index (κ3) is 4.87. The lowest BCUT2D eigenvalue weighted by Crippen LogP contribution is -2.58. The van der Waals surface area contributed by atoms with E-state index in [1.165, 1.54) is 0 Å². The summed E-state index contributed by atoms with van der Waals surface area (Å²) in [5.41, 5.74) is 1.74. The van der Waals surface area contributed by atoms with E-state index in [4.69, 9.17) is 14.2 Å². The lowest BCUT2D eigenvalue weighted by atomic mass is 9.53. The van der Waals surface area contributed by atoms with Crippen LogP contribution in [-0.2, 0) is 0 Å². The van der Waals surface area contributed by atoms with E-state index in [0.717, 1.165) is 67.0 Å². The molecule has 3 fully saturated rings. The molecule has 1 amide bonds. The molecule has 3 aliphatic rings. The molecule has 1 spiro atoms. The van der Waals surface area contributed by atoms with Gasteiger partial charge in [0.15, 0.2) is 0 Å². The molecule has 3 aromatic rings. The SMILES string of the molecule is COc1ccc(OC2CC3(CC(NC(=O)c4cnn5c(C6CC6)c(OCC(C)(C)O)ccc45)C3)C2)cc1. The van der Waals surface area contributed by atoms with Crippen molar-refractivity contribution in [2.24, 2.45) is 5.41 Å². The van der Waals surface area contributed by atoms with Gasteiger partial charge in [0.05, 0.1) is 41.8 Å². The molecule has 2 heterocycles. The van der Waals surface area contributed by atoms with Crippen molar-refractivity contribution in [3.8, 4) is 17.2 Å². The number of aromatic nitrogens is 2. The fourth-order valence-corrected chi connectivity index (χ4v) is 5.86. The first-order valence-electron chi connectivity index (χ1n) is 13.2. The minimum Gasteiger partial charge on any atom is -0.497 e. The summed E-state index contributed by atoms with van der Waals surface area (Å²) in [6.45, 7) is 3.64. The average molecular weight is 506 g/mol. The highest BCUT2D eigenvalue weighted by Crippen LogP contribution is 2.57. The first kappa shape index (κ1) is 24.1. The maximum absolute atomic E-state index is 13.2. The molecule has 1 aromatic carbocycles. The molecular formula is C29H35N3O5. The molecule has 196 valence electrons. The normalized spacial score (nSPS) is 24.9. The number of amides is 1. The number of nitrogens with zero attached hydrogens (tertiary/aromatic N) is 2. The van der Waals surface area contributed by atoms with Crippen LogP contribution in [0.1, 0.15) is 74.3 Å². The summed E-state index contributed by atoms with van der Waals surface area (Å²) < 4.78 is 19.1. The monoisotopic (exact) mass is 505 g/mol. The van der Waals surface area contributed by atoms with E-state index >= 15 is 0 Å². The maximum atomic E-state index is 13.2. The Morgan fingerprint density at radius 2 is 1.81 bits per heavy atom. The van der Waals surface area contributed by atoms with Crippen LogP contribution in [0.5, 0.6) is 17.2 Å². The van der Waals surface area contributed by atoms with Crippen LogP contribution >= 0.6 is 0 Å². The molecule has 2 N–H and O–H groups in total. The van der Waals surface area contributed by atoms with Crippen molar-refractivity contribution in [3.63, 3.8) is 0 Å². The Morgan fingerprint density at radius 3 is 2.46 bits per heavy atom. The molecule has 3 saturated carbocycles. The summed E-state index contributed by atoms with van der Waals surface area (Å²) in [6.07, 6.45) is 8.08. The molecule has 0 unspecified atom stereocenters. The largest absolute Gasteiger partial charge is 0.497 e. The van der Waals surface area contributed by atoms with Crippen LogP contribution in [0.2, 0.25) is 0 Å². The lowest BCUT2D eigenvalue weighted by Gasteiger charge is -2.57. The molecule has 0 saturated heterocycles. The van der Waals surface area contributed by atoms with Crippen molar-refractivity contribution in [1.29, 1.82) is 0 Å². The predicted octanol–water partition coefficient (Wildman–Crippen LogP) is 4.49. The van der Waals surface area contributed by atoms with E-state index < -0.39 is 5.60 Å². The zero-order valence-corrected chi connectivity index (χ0v) is 21.7. The van der Waals surface area contributed by atoms with E-state index in [1.807, 2.05) is 40.9 Å². The fraction of sp³-hybridized carbons (Fsp3) is 0.517. The van der Waals surface area contributed by atoms with E-state index in [9.17, 15) is 9.90 Å². The van der Waals surface area contributed by atoms with Gasteiger partial charge in [0.1, 0.15) is 23.9 Å². The summed E-state index contributed by atoms with van der Waals surface area (Å²) in [4.78, 5) is 13.2. The Morgan fingerprint density at radius 1 is 1.11 bits per heavy atom. The smallest absolute Gasteiger partial charge is 0.255 e. The van der Waals surface area contributed by atoms with Gasteiger partial charge in [-0.2, -0.15) is 5.10 Å². The Balaban J connectivity index is 1.06. The van der Waals surface area contributed by atoms with Gasteiger partial charge in [-0.1, -0.05) is 0 Å². The molecule has 6 rings (SSSR count). The first-order chi connectivity index (χ1) is 17.7. The van der Waals surface area contributed by atoms with Crippen molar-refractivity contribution in [1.82, 2.24) is 14.9 Å². The molecule has 0 aliphatic heterocycles. The third-order valence-corrected chi connectivity index (χ3v) is 7.85. The number of aliphatic hydroxyl groups is 1. The number of methoxy groups -OCH3 is 1. The van der Waals surface area contributed by atoms with Gasteiger partial charge in [-0.3, -0.25) is 4.79 Å². The highest BCUT2D eigenvalue weighted by atomic mass is 16.5. The summed E-state index contributed by atoms with van der Waals surface area (Å²) in [5, 5.41) is 17.9. The number of fused-ring (bicyclic) bond motifs is 1. The Hall–Kier alpha value is -3.26. The van der Waals surface area contributed by atoms with Gasteiger partial charge in [0.25, 0.3) is 5.91 Å². The summed E-state index contributed by atoms with van der Waals surface area (Å²) in [5.74, 6) is 2.72. The van der Waals surface area contributed by atoms with Crippen LogP contribution in [-0.4, -0.2) is 52.1 Å². The van der Waals surface area contributed by atoms with Crippen molar-refractivity contribution < 1.29 is 24.1 Å². The van der Waals surface area contributed by atoms with E-state index in [-0.39, 0.29) is 24.7 Å². The molecular weight excluding hydrogens is 470 g/mol.